The Morgan fingerprint density at radius 2 is 1.58 bits per heavy atom. The molecule has 0 N–H and O–H groups in total. The molecule has 0 aliphatic carbocycles. The SMILES string of the molecule is O=c1onc(Cc2ccccc2)n1-c1ccccc1. The number of rotatable bonds is 3. The van der Waals surface area contributed by atoms with Crippen molar-refractivity contribution in [2.45, 2.75) is 6.42 Å². The third-order valence-corrected chi connectivity index (χ3v) is 2.89. The van der Waals surface area contributed by atoms with Crippen LogP contribution in [-0.2, 0) is 6.42 Å². The minimum absolute atomic E-state index is 0.461. The molecule has 0 atom stereocenters. The Labute approximate surface area is 109 Å². The van der Waals surface area contributed by atoms with Gasteiger partial charge in [-0.05, 0) is 17.7 Å². The molecule has 0 unspecified atom stereocenters. The molecule has 0 aliphatic rings. The summed E-state index contributed by atoms with van der Waals surface area (Å²) in [6.45, 7) is 0. The van der Waals surface area contributed by atoms with E-state index >= 15 is 0 Å². The summed E-state index contributed by atoms with van der Waals surface area (Å²) in [7, 11) is 0. The largest absolute Gasteiger partial charge is 0.446 e. The molecular weight excluding hydrogens is 240 g/mol. The molecule has 94 valence electrons. The number of hydrogen-bond acceptors (Lipinski definition) is 3. The molecule has 0 aliphatic heterocycles. The fraction of sp³-hybridized carbons (Fsp3) is 0.0667. The highest BCUT2D eigenvalue weighted by molar-refractivity contribution is 5.32. The lowest BCUT2D eigenvalue weighted by molar-refractivity contribution is 0.379. The second-order valence-corrected chi connectivity index (χ2v) is 4.20. The van der Waals surface area contributed by atoms with E-state index in [1.165, 1.54) is 4.57 Å². The Hall–Kier alpha value is -2.62. The fourth-order valence-corrected chi connectivity index (χ4v) is 2.00. The van der Waals surface area contributed by atoms with E-state index in [0.717, 1.165) is 11.3 Å². The smallest absolute Gasteiger partial charge is 0.296 e. The zero-order valence-corrected chi connectivity index (χ0v) is 10.2. The van der Waals surface area contributed by atoms with Crippen molar-refractivity contribution in [3.05, 3.63) is 82.6 Å². The summed E-state index contributed by atoms with van der Waals surface area (Å²) in [4.78, 5) is 11.8. The second kappa shape index (κ2) is 4.94. The van der Waals surface area contributed by atoms with Gasteiger partial charge in [-0.15, -0.1) is 0 Å². The van der Waals surface area contributed by atoms with Gasteiger partial charge in [0.25, 0.3) is 0 Å². The molecule has 0 amide bonds. The summed E-state index contributed by atoms with van der Waals surface area (Å²) >= 11 is 0. The van der Waals surface area contributed by atoms with Crippen LogP contribution in [-0.4, -0.2) is 9.72 Å². The topological polar surface area (TPSA) is 48.0 Å². The third-order valence-electron chi connectivity index (χ3n) is 2.89. The minimum atomic E-state index is -0.461. The van der Waals surface area contributed by atoms with Crippen molar-refractivity contribution >= 4 is 0 Å². The van der Waals surface area contributed by atoms with Crippen LogP contribution in [0.3, 0.4) is 0 Å². The van der Waals surface area contributed by atoms with Crippen molar-refractivity contribution in [2.75, 3.05) is 0 Å². The number of hydrogen-bond donors (Lipinski definition) is 0. The van der Waals surface area contributed by atoms with Gasteiger partial charge in [0.05, 0.1) is 5.69 Å². The van der Waals surface area contributed by atoms with E-state index in [4.69, 9.17) is 4.52 Å². The average Bonchev–Trinajstić information content (AvgIpc) is 2.82. The summed E-state index contributed by atoms with van der Waals surface area (Å²) in [5.74, 6) is 0.138. The van der Waals surface area contributed by atoms with Crippen molar-refractivity contribution in [1.82, 2.24) is 9.72 Å². The molecule has 2 aromatic carbocycles. The van der Waals surface area contributed by atoms with Crippen LogP contribution in [0.25, 0.3) is 5.69 Å². The molecule has 4 nitrogen and oxygen atoms in total. The maximum Gasteiger partial charge on any atom is 0.446 e. The van der Waals surface area contributed by atoms with Crippen molar-refractivity contribution in [3.8, 4) is 5.69 Å². The Morgan fingerprint density at radius 3 is 2.26 bits per heavy atom. The zero-order chi connectivity index (χ0) is 13.1. The van der Waals surface area contributed by atoms with Gasteiger partial charge in [-0.3, -0.25) is 4.52 Å². The van der Waals surface area contributed by atoms with E-state index in [2.05, 4.69) is 5.16 Å². The van der Waals surface area contributed by atoms with E-state index in [1.807, 2.05) is 60.7 Å². The van der Waals surface area contributed by atoms with Gasteiger partial charge in [0.2, 0.25) is 0 Å². The first kappa shape index (κ1) is 11.5. The van der Waals surface area contributed by atoms with E-state index < -0.39 is 5.76 Å². The van der Waals surface area contributed by atoms with Crippen LogP contribution in [0.15, 0.2) is 70.0 Å². The molecular formula is C15H12N2O2. The lowest BCUT2D eigenvalue weighted by Crippen LogP contribution is -2.15. The molecule has 19 heavy (non-hydrogen) atoms. The van der Waals surface area contributed by atoms with Gasteiger partial charge in [0.15, 0.2) is 5.82 Å². The van der Waals surface area contributed by atoms with Crippen LogP contribution in [0.4, 0.5) is 0 Å². The van der Waals surface area contributed by atoms with Crippen LogP contribution in [0.2, 0.25) is 0 Å². The summed E-state index contributed by atoms with van der Waals surface area (Å²) in [5.41, 5.74) is 1.85. The maximum absolute atomic E-state index is 11.8. The van der Waals surface area contributed by atoms with Gasteiger partial charge in [0, 0.05) is 6.42 Å². The molecule has 1 aromatic heterocycles. The summed E-state index contributed by atoms with van der Waals surface area (Å²) in [6.07, 6.45) is 0.557. The minimum Gasteiger partial charge on any atom is -0.296 e. The molecule has 3 aromatic rings. The van der Waals surface area contributed by atoms with Crippen LogP contribution >= 0.6 is 0 Å². The predicted molar refractivity (Wildman–Crippen MR) is 71.3 cm³/mol. The van der Waals surface area contributed by atoms with Crippen LogP contribution in [0, 0.1) is 0 Å². The van der Waals surface area contributed by atoms with Crippen molar-refractivity contribution < 1.29 is 4.52 Å². The van der Waals surface area contributed by atoms with Gasteiger partial charge in [-0.25, -0.2) is 9.36 Å². The number of aromatic nitrogens is 2. The average molecular weight is 252 g/mol. The molecule has 0 saturated heterocycles. The standard InChI is InChI=1S/C15H12N2O2/c18-15-17(13-9-5-2-6-10-13)14(16-19-15)11-12-7-3-1-4-8-12/h1-10H,11H2. The highest BCUT2D eigenvalue weighted by Crippen LogP contribution is 2.11. The number of para-hydroxylation sites is 1. The quantitative estimate of drug-likeness (QED) is 0.719. The number of nitrogens with zero attached hydrogens (tertiary/aromatic N) is 2. The Balaban J connectivity index is 2.03. The highest BCUT2D eigenvalue weighted by atomic mass is 16.5. The molecule has 1 heterocycles. The molecule has 3 rings (SSSR count). The van der Waals surface area contributed by atoms with Crippen LogP contribution < -0.4 is 5.76 Å². The number of benzene rings is 2. The third kappa shape index (κ3) is 2.33. The molecule has 4 heteroatoms. The van der Waals surface area contributed by atoms with Gasteiger partial charge in [-0.1, -0.05) is 53.7 Å². The van der Waals surface area contributed by atoms with Gasteiger partial charge >= 0.3 is 5.76 Å². The summed E-state index contributed by atoms with van der Waals surface area (Å²) < 4.78 is 6.27. The monoisotopic (exact) mass is 252 g/mol. The van der Waals surface area contributed by atoms with Gasteiger partial charge in [0.1, 0.15) is 0 Å². The molecule has 0 spiro atoms. The van der Waals surface area contributed by atoms with Gasteiger partial charge in [-0.2, -0.15) is 0 Å². The lowest BCUT2D eigenvalue weighted by Gasteiger charge is -2.04. The Kier molecular flexibility index (Phi) is 2.98. The molecule has 0 saturated carbocycles. The second-order valence-electron chi connectivity index (χ2n) is 4.20. The Bertz CT molecular complexity index is 715. The van der Waals surface area contributed by atoms with Crippen LogP contribution in [0.5, 0.6) is 0 Å². The molecule has 0 radical (unpaired) electrons. The molecule has 0 fully saturated rings. The fourth-order valence-electron chi connectivity index (χ4n) is 2.00. The lowest BCUT2D eigenvalue weighted by atomic mass is 10.1. The summed E-state index contributed by atoms with van der Waals surface area (Å²) in [6, 6.07) is 19.2. The van der Waals surface area contributed by atoms with Crippen molar-refractivity contribution in [3.63, 3.8) is 0 Å². The maximum atomic E-state index is 11.8. The first-order valence-corrected chi connectivity index (χ1v) is 6.01. The normalized spacial score (nSPS) is 10.5. The first-order valence-electron chi connectivity index (χ1n) is 6.01. The first-order chi connectivity index (χ1) is 9.34. The predicted octanol–water partition coefficient (Wildman–Crippen LogP) is 2.42. The van der Waals surface area contributed by atoms with E-state index in [9.17, 15) is 4.79 Å². The van der Waals surface area contributed by atoms with Crippen molar-refractivity contribution in [2.24, 2.45) is 0 Å². The van der Waals surface area contributed by atoms with E-state index in [0.29, 0.717) is 12.2 Å². The van der Waals surface area contributed by atoms with E-state index in [1.54, 1.807) is 0 Å². The van der Waals surface area contributed by atoms with Gasteiger partial charge < -0.3 is 0 Å². The van der Waals surface area contributed by atoms with Crippen molar-refractivity contribution in [1.29, 1.82) is 0 Å². The summed E-state index contributed by atoms with van der Waals surface area (Å²) in [5, 5.41) is 3.86. The molecule has 0 bridgehead atoms. The van der Waals surface area contributed by atoms with Crippen LogP contribution in [0.1, 0.15) is 11.4 Å². The zero-order valence-electron chi connectivity index (χ0n) is 10.2. The highest BCUT2D eigenvalue weighted by Gasteiger charge is 2.12. The van der Waals surface area contributed by atoms with E-state index in [-0.39, 0.29) is 0 Å². The Morgan fingerprint density at radius 1 is 0.947 bits per heavy atom.